The van der Waals surface area contributed by atoms with Gasteiger partial charge in [0.2, 0.25) is 0 Å². The molecule has 0 unspecified atom stereocenters. The number of carbonyl (C=O) groups is 1. The summed E-state index contributed by atoms with van der Waals surface area (Å²) in [6, 6.07) is 11.5. The van der Waals surface area contributed by atoms with Crippen molar-refractivity contribution < 1.29 is 9.53 Å². The van der Waals surface area contributed by atoms with Crippen LogP contribution in [-0.2, 0) is 0 Å². The van der Waals surface area contributed by atoms with Crippen molar-refractivity contribution in [1.82, 2.24) is 4.98 Å². The van der Waals surface area contributed by atoms with Gasteiger partial charge in [-0.1, -0.05) is 26.0 Å². The summed E-state index contributed by atoms with van der Waals surface area (Å²) in [5, 5.41) is 3.52. The molecule has 0 spiro atoms. The maximum Gasteiger partial charge on any atom is 0.277 e. The summed E-state index contributed by atoms with van der Waals surface area (Å²) in [5.74, 6) is 0.938. The third-order valence-electron chi connectivity index (χ3n) is 4.15. The molecule has 2 heterocycles. The number of rotatable bonds is 3. The van der Waals surface area contributed by atoms with E-state index in [0.29, 0.717) is 23.9 Å². The monoisotopic (exact) mass is 311 g/mol. The Morgan fingerprint density at radius 1 is 1.35 bits per heavy atom. The smallest absolute Gasteiger partial charge is 0.277 e. The van der Waals surface area contributed by atoms with Crippen molar-refractivity contribution >= 4 is 17.3 Å². The van der Waals surface area contributed by atoms with Gasteiger partial charge in [0.25, 0.3) is 5.91 Å². The Morgan fingerprint density at radius 3 is 2.87 bits per heavy atom. The van der Waals surface area contributed by atoms with Crippen LogP contribution >= 0.6 is 0 Å². The lowest BCUT2D eigenvalue weighted by Gasteiger charge is -2.37. The lowest BCUT2D eigenvalue weighted by atomic mass is 9.99. The fourth-order valence-electron chi connectivity index (χ4n) is 2.73. The SMILES string of the molecule is COc1ccnc(C(=O)N2C[C@H](C(C)C)Nc3ccccc32)c1. The molecular weight excluding hydrogens is 290 g/mol. The fraction of sp³-hybridized carbons (Fsp3) is 0.333. The van der Waals surface area contributed by atoms with E-state index < -0.39 is 0 Å². The van der Waals surface area contributed by atoms with Gasteiger partial charge in [-0.3, -0.25) is 9.78 Å². The van der Waals surface area contributed by atoms with Gasteiger partial charge in [0.1, 0.15) is 11.4 Å². The quantitative estimate of drug-likeness (QED) is 0.946. The first kappa shape index (κ1) is 15.3. The van der Waals surface area contributed by atoms with E-state index >= 15 is 0 Å². The molecule has 1 aromatic heterocycles. The molecule has 0 bridgehead atoms. The lowest BCUT2D eigenvalue weighted by molar-refractivity contribution is 0.0978. The van der Waals surface area contributed by atoms with Crippen LogP contribution in [0.5, 0.6) is 5.75 Å². The Hall–Kier alpha value is -2.56. The first-order valence-corrected chi connectivity index (χ1v) is 7.77. The Bertz CT molecular complexity index is 715. The van der Waals surface area contributed by atoms with Gasteiger partial charge >= 0.3 is 0 Å². The number of ether oxygens (including phenoxy) is 1. The number of amides is 1. The Kier molecular flexibility index (Phi) is 4.19. The zero-order valence-corrected chi connectivity index (χ0v) is 13.6. The summed E-state index contributed by atoms with van der Waals surface area (Å²) >= 11 is 0. The summed E-state index contributed by atoms with van der Waals surface area (Å²) in [4.78, 5) is 19.0. The van der Waals surface area contributed by atoms with Crippen LogP contribution in [0.25, 0.3) is 0 Å². The minimum Gasteiger partial charge on any atom is -0.497 e. The largest absolute Gasteiger partial charge is 0.497 e. The molecule has 5 heteroatoms. The summed E-state index contributed by atoms with van der Waals surface area (Å²) in [7, 11) is 1.58. The predicted octanol–water partition coefficient (Wildman–Crippen LogP) is 3.19. The highest BCUT2D eigenvalue weighted by Crippen LogP contribution is 2.33. The number of methoxy groups -OCH3 is 1. The maximum absolute atomic E-state index is 13.0. The van der Waals surface area contributed by atoms with E-state index in [4.69, 9.17) is 4.74 Å². The maximum atomic E-state index is 13.0. The first-order valence-electron chi connectivity index (χ1n) is 7.77. The molecular formula is C18H21N3O2. The van der Waals surface area contributed by atoms with Crippen LogP contribution in [0.3, 0.4) is 0 Å². The van der Waals surface area contributed by atoms with Gasteiger partial charge in [0, 0.05) is 24.8 Å². The molecule has 0 saturated heterocycles. The topological polar surface area (TPSA) is 54.5 Å². The molecule has 3 rings (SSSR count). The highest BCUT2D eigenvalue weighted by Gasteiger charge is 2.30. The van der Waals surface area contributed by atoms with Crippen LogP contribution in [-0.4, -0.2) is 30.6 Å². The number of anilines is 2. The van der Waals surface area contributed by atoms with Gasteiger partial charge < -0.3 is 15.0 Å². The number of nitrogens with one attached hydrogen (secondary N) is 1. The number of para-hydroxylation sites is 2. The second kappa shape index (κ2) is 6.28. The van der Waals surface area contributed by atoms with Gasteiger partial charge in [-0.05, 0) is 24.1 Å². The van der Waals surface area contributed by atoms with Crippen LogP contribution in [0.1, 0.15) is 24.3 Å². The summed E-state index contributed by atoms with van der Waals surface area (Å²) in [5.41, 5.74) is 2.26. The van der Waals surface area contributed by atoms with Crippen molar-refractivity contribution in [2.24, 2.45) is 5.92 Å². The molecule has 0 aliphatic carbocycles. The van der Waals surface area contributed by atoms with Gasteiger partial charge in [-0.25, -0.2) is 0 Å². The average Bonchev–Trinajstić information content (AvgIpc) is 2.60. The average molecular weight is 311 g/mol. The number of pyridine rings is 1. The van der Waals surface area contributed by atoms with E-state index in [-0.39, 0.29) is 11.9 Å². The van der Waals surface area contributed by atoms with Crippen LogP contribution in [0, 0.1) is 5.92 Å². The van der Waals surface area contributed by atoms with Crippen molar-refractivity contribution in [2.45, 2.75) is 19.9 Å². The van der Waals surface area contributed by atoms with Crippen molar-refractivity contribution in [1.29, 1.82) is 0 Å². The molecule has 0 fully saturated rings. The second-order valence-corrected chi connectivity index (χ2v) is 6.01. The minimum atomic E-state index is -0.108. The third kappa shape index (κ3) is 2.99. The van der Waals surface area contributed by atoms with Crippen LogP contribution in [0.15, 0.2) is 42.6 Å². The number of carbonyl (C=O) groups excluding carboxylic acids is 1. The fourth-order valence-corrected chi connectivity index (χ4v) is 2.73. The van der Waals surface area contributed by atoms with Gasteiger partial charge in [0.15, 0.2) is 0 Å². The zero-order chi connectivity index (χ0) is 16.4. The molecule has 1 aliphatic heterocycles. The zero-order valence-electron chi connectivity index (χ0n) is 13.6. The molecule has 1 N–H and O–H groups in total. The van der Waals surface area contributed by atoms with E-state index in [1.165, 1.54) is 0 Å². The van der Waals surface area contributed by atoms with Gasteiger partial charge in [-0.15, -0.1) is 0 Å². The molecule has 5 nitrogen and oxygen atoms in total. The Balaban J connectivity index is 1.98. The highest BCUT2D eigenvalue weighted by molar-refractivity contribution is 6.07. The van der Waals surface area contributed by atoms with Crippen molar-refractivity contribution in [2.75, 3.05) is 23.9 Å². The molecule has 0 radical (unpaired) electrons. The van der Waals surface area contributed by atoms with Crippen molar-refractivity contribution in [3.63, 3.8) is 0 Å². The number of aromatic nitrogens is 1. The van der Waals surface area contributed by atoms with E-state index in [1.54, 1.807) is 30.3 Å². The Labute approximate surface area is 136 Å². The molecule has 1 aromatic carbocycles. The molecule has 1 atom stereocenters. The molecule has 1 amide bonds. The van der Waals surface area contributed by atoms with E-state index in [0.717, 1.165) is 11.4 Å². The number of hydrogen-bond acceptors (Lipinski definition) is 4. The summed E-state index contributed by atoms with van der Waals surface area (Å²) in [6.07, 6.45) is 1.60. The standard InChI is InChI=1S/C18H21N3O2/c1-12(2)16-11-21(17-7-5-4-6-14(17)20-16)18(22)15-10-13(23-3)8-9-19-15/h4-10,12,16,20H,11H2,1-3H3/t16-/m1/s1. The number of nitrogens with zero attached hydrogens (tertiary/aromatic N) is 2. The van der Waals surface area contributed by atoms with Crippen LogP contribution in [0.4, 0.5) is 11.4 Å². The van der Waals surface area contributed by atoms with Crippen molar-refractivity contribution in [3.05, 3.63) is 48.3 Å². The predicted molar refractivity (Wildman–Crippen MR) is 91.2 cm³/mol. The van der Waals surface area contributed by atoms with Crippen LogP contribution in [0.2, 0.25) is 0 Å². The number of hydrogen-bond donors (Lipinski definition) is 1. The molecule has 23 heavy (non-hydrogen) atoms. The number of benzene rings is 1. The Morgan fingerprint density at radius 2 is 2.13 bits per heavy atom. The summed E-state index contributed by atoms with van der Waals surface area (Å²) < 4.78 is 5.20. The molecule has 0 saturated carbocycles. The first-order chi connectivity index (χ1) is 11.1. The highest BCUT2D eigenvalue weighted by atomic mass is 16.5. The summed E-state index contributed by atoms with van der Waals surface area (Å²) in [6.45, 7) is 4.92. The number of fused-ring (bicyclic) bond motifs is 1. The van der Waals surface area contributed by atoms with Gasteiger partial charge in [-0.2, -0.15) is 0 Å². The van der Waals surface area contributed by atoms with Crippen LogP contribution < -0.4 is 15.0 Å². The molecule has 120 valence electrons. The molecule has 1 aliphatic rings. The minimum absolute atomic E-state index is 0.108. The van der Waals surface area contributed by atoms with Crippen molar-refractivity contribution in [3.8, 4) is 5.75 Å². The lowest BCUT2D eigenvalue weighted by Crippen LogP contribution is -2.47. The third-order valence-corrected chi connectivity index (χ3v) is 4.15. The van der Waals surface area contributed by atoms with E-state index in [2.05, 4.69) is 24.1 Å². The normalized spacial score (nSPS) is 16.7. The van der Waals surface area contributed by atoms with E-state index in [1.807, 2.05) is 24.3 Å². The van der Waals surface area contributed by atoms with Gasteiger partial charge in [0.05, 0.1) is 18.5 Å². The second-order valence-electron chi connectivity index (χ2n) is 6.01. The van der Waals surface area contributed by atoms with E-state index in [9.17, 15) is 4.79 Å². The molecule has 2 aromatic rings.